The highest BCUT2D eigenvalue weighted by Gasteiger charge is 2.40. The Hall–Kier alpha value is -2.97. The number of carbonyl (C=O) groups is 4. The zero-order valence-corrected chi connectivity index (χ0v) is 13.4. The summed E-state index contributed by atoms with van der Waals surface area (Å²) < 4.78 is 19.1. The first-order chi connectivity index (χ1) is 11.9. The molecule has 2 N–H and O–H groups in total. The number of ether oxygens (including phenoxy) is 1. The molecule has 4 amide bonds. The molecule has 25 heavy (non-hydrogen) atoms. The molecule has 1 unspecified atom stereocenters. The van der Waals surface area contributed by atoms with Gasteiger partial charge in [-0.3, -0.25) is 19.7 Å². The minimum absolute atomic E-state index is 0.0993. The molecular weight excluding hydrogens is 333 g/mol. The molecule has 132 valence electrons. The average Bonchev–Trinajstić information content (AvgIpc) is 2.91. The minimum Gasteiger partial charge on any atom is -0.453 e. The predicted octanol–water partition coefficient (Wildman–Crippen LogP) is 0.443. The van der Waals surface area contributed by atoms with Gasteiger partial charge in [0.2, 0.25) is 11.8 Å². The number of nitrogens with zero attached hydrogens (tertiary/aromatic N) is 1. The van der Waals surface area contributed by atoms with Crippen molar-refractivity contribution in [3.05, 3.63) is 34.6 Å². The number of nitrogens with one attached hydrogen (secondary N) is 2. The van der Waals surface area contributed by atoms with E-state index in [1.807, 2.05) is 0 Å². The Morgan fingerprint density at radius 3 is 2.84 bits per heavy atom. The van der Waals surface area contributed by atoms with Crippen LogP contribution in [-0.4, -0.2) is 41.9 Å². The molecule has 2 aliphatic rings. The second-order valence-corrected chi connectivity index (χ2v) is 5.82. The number of piperidine rings is 1. The molecule has 2 heterocycles. The van der Waals surface area contributed by atoms with Gasteiger partial charge in [0.15, 0.2) is 0 Å². The Morgan fingerprint density at radius 2 is 2.16 bits per heavy atom. The Balaban J connectivity index is 1.82. The van der Waals surface area contributed by atoms with E-state index in [4.69, 9.17) is 0 Å². The van der Waals surface area contributed by atoms with E-state index < -0.39 is 29.8 Å². The fourth-order valence-electron chi connectivity index (χ4n) is 3.03. The topological polar surface area (TPSA) is 105 Å². The monoisotopic (exact) mass is 349 g/mol. The first-order valence-corrected chi connectivity index (χ1v) is 7.69. The van der Waals surface area contributed by atoms with Gasteiger partial charge in [0.25, 0.3) is 5.91 Å². The van der Waals surface area contributed by atoms with Crippen molar-refractivity contribution in [1.29, 1.82) is 0 Å². The zero-order chi connectivity index (χ0) is 18.1. The van der Waals surface area contributed by atoms with Crippen molar-refractivity contribution in [3.8, 4) is 0 Å². The van der Waals surface area contributed by atoms with Crippen LogP contribution in [0.1, 0.15) is 34.3 Å². The third kappa shape index (κ3) is 3.04. The molecule has 1 aromatic rings. The molecule has 9 heteroatoms. The number of methoxy groups -OCH3 is 1. The van der Waals surface area contributed by atoms with Crippen LogP contribution in [0.25, 0.3) is 0 Å². The molecule has 0 bridgehead atoms. The van der Waals surface area contributed by atoms with Gasteiger partial charge in [-0.25, -0.2) is 9.18 Å². The van der Waals surface area contributed by atoms with E-state index in [1.54, 1.807) is 6.07 Å². The van der Waals surface area contributed by atoms with Crippen LogP contribution < -0.4 is 10.6 Å². The smallest absolute Gasteiger partial charge is 0.407 e. The number of hydrogen-bond acceptors (Lipinski definition) is 5. The number of rotatable bonds is 3. The van der Waals surface area contributed by atoms with Crippen molar-refractivity contribution in [3.63, 3.8) is 0 Å². The molecule has 0 radical (unpaired) electrons. The first-order valence-electron chi connectivity index (χ1n) is 7.69. The highest BCUT2D eigenvalue weighted by molar-refractivity contribution is 6.05. The molecule has 1 aromatic carbocycles. The normalized spacial score (nSPS) is 19.5. The number of halogens is 1. The highest BCUT2D eigenvalue weighted by atomic mass is 19.1. The number of fused-ring (bicyclic) bond motifs is 1. The molecule has 0 aromatic heterocycles. The van der Waals surface area contributed by atoms with Crippen molar-refractivity contribution in [2.75, 3.05) is 7.11 Å². The number of carbonyl (C=O) groups excluding carboxylic acids is 4. The minimum atomic E-state index is -0.798. The third-order valence-corrected chi connectivity index (χ3v) is 4.32. The summed E-state index contributed by atoms with van der Waals surface area (Å²) in [4.78, 5) is 48.2. The largest absolute Gasteiger partial charge is 0.453 e. The van der Waals surface area contributed by atoms with Gasteiger partial charge in [0.05, 0.1) is 12.7 Å². The predicted molar refractivity (Wildman–Crippen MR) is 81.7 cm³/mol. The number of amides is 4. The maximum absolute atomic E-state index is 14.7. The van der Waals surface area contributed by atoms with E-state index in [9.17, 15) is 23.6 Å². The lowest BCUT2D eigenvalue weighted by Gasteiger charge is -2.29. The summed E-state index contributed by atoms with van der Waals surface area (Å²) in [6.45, 7) is -0.0282. The summed E-state index contributed by atoms with van der Waals surface area (Å²) >= 11 is 0. The third-order valence-electron chi connectivity index (χ3n) is 4.32. The Bertz CT molecular complexity index is 779. The lowest BCUT2D eigenvalue weighted by molar-refractivity contribution is -0.136. The fourth-order valence-corrected chi connectivity index (χ4v) is 3.03. The van der Waals surface area contributed by atoms with Gasteiger partial charge in [-0.2, -0.15) is 0 Å². The SMILES string of the molecule is COC(=O)NCc1ccc2c(c1F)C(=O)N(C1CCC(=O)NC1=O)C2. The van der Waals surface area contributed by atoms with Crippen molar-refractivity contribution in [2.45, 2.75) is 32.0 Å². The van der Waals surface area contributed by atoms with Crippen LogP contribution in [0.2, 0.25) is 0 Å². The lowest BCUT2D eigenvalue weighted by atomic mass is 10.0. The van der Waals surface area contributed by atoms with E-state index in [0.717, 1.165) is 0 Å². The summed E-state index contributed by atoms with van der Waals surface area (Å²) in [6.07, 6.45) is -0.368. The number of benzene rings is 1. The molecule has 1 fully saturated rings. The average molecular weight is 349 g/mol. The molecule has 3 rings (SSSR count). The maximum atomic E-state index is 14.7. The van der Waals surface area contributed by atoms with E-state index in [1.165, 1.54) is 18.1 Å². The van der Waals surface area contributed by atoms with Gasteiger partial charge in [-0.15, -0.1) is 0 Å². The van der Waals surface area contributed by atoms with E-state index in [0.29, 0.717) is 5.56 Å². The van der Waals surface area contributed by atoms with E-state index in [2.05, 4.69) is 15.4 Å². The van der Waals surface area contributed by atoms with Gasteiger partial charge < -0.3 is 15.0 Å². The summed E-state index contributed by atoms with van der Waals surface area (Å²) in [5.74, 6) is -2.26. The quantitative estimate of drug-likeness (QED) is 0.771. The Labute approximate surface area is 142 Å². The molecule has 1 saturated heterocycles. The van der Waals surface area contributed by atoms with Crippen molar-refractivity contribution in [2.24, 2.45) is 0 Å². The van der Waals surface area contributed by atoms with Crippen LogP contribution in [0.5, 0.6) is 0 Å². The molecular formula is C16H16FN3O5. The van der Waals surface area contributed by atoms with Crippen LogP contribution in [0, 0.1) is 5.82 Å². The standard InChI is InChI=1S/C16H16FN3O5/c1-25-16(24)18-6-8-2-3-9-7-20(15(23)12(9)13(8)17)10-4-5-11(21)19-14(10)22/h2-3,10H,4-7H2,1H3,(H,18,24)(H,19,21,22). The number of hydrogen-bond donors (Lipinski definition) is 2. The summed E-state index contributed by atoms with van der Waals surface area (Å²) in [5, 5.41) is 4.55. The molecule has 2 aliphatic heterocycles. The van der Waals surface area contributed by atoms with Crippen LogP contribution in [0.3, 0.4) is 0 Å². The van der Waals surface area contributed by atoms with Crippen molar-refractivity contribution >= 4 is 23.8 Å². The highest BCUT2D eigenvalue weighted by Crippen LogP contribution is 2.30. The lowest BCUT2D eigenvalue weighted by Crippen LogP contribution is -2.52. The first kappa shape index (κ1) is 16.9. The van der Waals surface area contributed by atoms with Crippen LogP contribution in [-0.2, 0) is 27.4 Å². The van der Waals surface area contributed by atoms with Crippen molar-refractivity contribution < 1.29 is 28.3 Å². The van der Waals surface area contributed by atoms with Crippen LogP contribution >= 0.6 is 0 Å². The van der Waals surface area contributed by atoms with Crippen LogP contribution in [0.15, 0.2) is 12.1 Å². The molecule has 0 spiro atoms. The second-order valence-electron chi connectivity index (χ2n) is 5.82. The fraction of sp³-hybridized carbons (Fsp3) is 0.375. The summed E-state index contributed by atoms with van der Waals surface area (Å²) in [5.41, 5.74) is 0.505. The van der Waals surface area contributed by atoms with Gasteiger partial charge in [0.1, 0.15) is 11.9 Å². The van der Waals surface area contributed by atoms with Crippen molar-refractivity contribution in [1.82, 2.24) is 15.5 Å². The number of alkyl carbamates (subject to hydrolysis) is 1. The zero-order valence-electron chi connectivity index (χ0n) is 13.4. The van der Waals surface area contributed by atoms with Gasteiger partial charge in [-0.1, -0.05) is 12.1 Å². The maximum Gasteiger partial charge on any atom is 0.407 e. The molecule has 0 aliphatic carbocycles. The summed E-state index contributed by atoms with van der Waals surface area (Å²) in [6, 6.07) is 2.27. The van der Waals surface area contributed by atoms with E-state index in [-0.39, 0.29) is 43.0 Å². The summed E-state index contributed by atoms with van der Waals surface area (Å²) in [7, 11) is 1.19. The molecule has 0 saturated carbocycles. The number of imide groups is 1. The van der Waals surface area contributed by atoms with Gasteiger partial charge >= 0.3 is 6.09 Å². The van der Waals surface area contributed by atoms with Gasteiger partial charge in [0, 0.05) is 25.1 Å². The molecule has 8 nitrogen and oxygen atoms in total. The Morgan fingerprint density at radius 1 is 1.40 bits per heavy atom. The van der Waals surface area contributed by atoms with E-state index >= 15 is 0 Å². The Kier molecular flexibility index (Phi) is 4.39. The second kappa shape index (κ2) is 6.50. The van der Waals surface area contributed by atoms with Gasteiger partial charge in [-0.05, 0) is 12.0 Å². The molecule has 1 atom stereocenters. The van der Waals surface area contributed by atoms with Crippen LogP contribution in [0.4, 0.5) is 9.18 Å².